The van der Waals surface area contributed by atoms with E-state index in [4.69, 9.17) is 37.9 Å². The topological polar surface area (TPSA) is 276 Å². The van der Waals surface area contributed by atoms with Crippen LogP contribution in [0.2, 0.25) is 0 Å². The molecule has 4 saturated heterocycles. The summed E-state index contributed by atoms with van der Waals surface area (Å²) in [7, 11) is 0. The van der Waals surface area contributed by atoms with Crippen molar-refractivity contribution in [2.75, 3.05) is 19.8 Å². The summed E-state index contributed by atoms with van der Waals surface area (Å²) in [4.78, 5) is 0. The third-order valence-corrected chi connectivity index (χ3v) is 8.66. The van der Waals surface area contributed by atoms with E-state index in [0.29, 0.717) is 0 Å². The molecule has 0 aliphatic carbocycles. The molecule has 18 heteroatoms. The molecular weight excluding hydrogens is 624 g/mol. The number of hydrogen-bond donors (Lipinski definition) is 10. The van der Waals surface area contributed by atoms with E-state index in [2.05, 4.69) is 0 Å². The van der Waals surface area contributed by atoms with E-state index in [1.165, 1.54) is 6.92 Å². The Bertz CT molecular complexity index is 952. The van der Waals surface area contributed by atoms with Crippen molar-refractivity contribution in [2.45, 2.75) is 151 Å². The third-order valence-electron chi connectivity index (χ3n) is 8.66. The Morgan fingerprint density at radius 3 is 1.46 bits per heavy atom. The van der Waals surface area contributed by atoms with Gasteiger partial charge in [0.05, 0.1) is 43.7 Å². The molecule has 0 aromatic carbocycles. The van der Waals surface area contributed by atoms with Gasteiger partial charge < -0.3 is 89.0 Å². The minimum Gasteiger partial charge on any atom is -0.394 e. The number of hydrogen-bond acceptors (Lipinski definition) is 18. The van der Waals surface area contributed by atoms with Gasteiger partial charge in [0.15, 0.2) is 25.2 Å². The van der Waals surface area contributed by atoms with Crippen LogP contribution >= 0.6 is 0 Å². The van der Waals surface area contributed by atoms with E-state index in [9.17, 15) is 51.1 Å². The standard InChI is InChI=1S/C28H50O18/c1-9-11(6-29)40-24(18(36)14(9)32)44-22-20(38)26(39-10(2)21(22)43-25-19(37)16(34)13(8-31)41-25)45-23-17(35)15(33)12(7-30)42-27(23)46-28(3,4)5/h9-27,29-38H,6-8H2,1-5H3/t9-,10?,11?,12?,13+,14+,15-,16-,17+,18?,19+,20+,21+,22?,23?,24+,25+,26+,27+/m1/s1. The molecule has 46 heavy (non-hydrogen) atoms. The van der Waals surface area contributed by atoms with Gasteiger partial charge in [0.1, 0.15) is 67.1 Å². The predicted octanol–water partition coefficient (Wildman–Crippen LogP) is -4.98. The number of aliphatic hydroxyl groups excluding tert-OH is 10. The van der Waals surface area contributed by atoms with Gasteiger partial charge >= 0.3 is 0 Å². The average molecular weight is 675 g/mol. The lowest BCUT2D eigenvalue weighted by Gasteiger charge is -2.49. The fourth-order valence-electron chi connectivity index (χ4n) is 5.92. The fraction of sp³-hybridized carbons (Fsp3) is 1.00. The first-order chi connectivity index (χ1) is 21.5. The first-order valence-corrected chi connectivity index (χ1v) is 15.4. The van der Waals surface area contributed by atoms with Gasteiger partial charge in [-0.2, -0.15) is 0 Å². The number of aliphatic hydroxyl groups is 10. The second-order valence-electron chi connectivity index (χ2n) is 13.2. The van der Waals surface area contributed by atoms with Gasteiger partial charge in [0, 0.05) is 5.92 Å². The monoisotopic (exact) mass is 674 g/mol. The summed E-state index contributed by atoms with van der Waals surface area (Å²) in [5.41, 5.74) is -0.854. The minimum atomic E-state index is -1.84. The maximum atomic E-state index is 11.6. The Morgan fingerprint density at radius 1 is 0.478 bits per heavy atom. The van der Waals surface area contributed by atoms with Crippen molar-refractivity contribution in [3.05, 3.63) is 0 Å². The maximum absolute atomic E-state index is 11.6. The molecule has 4 rings (SSSR count). The van der Waals surface area contributed by atoms with Crippen molar-refractivity contribution in [1.29, 1.82) is 0 Å². The van der Waals surface area contributed by atoms with Crippen LogP contribution in [0, 0.1) is 5.92 Å². The average Bonchev–Trinajstić information content (AvgIpc) is 3.27. The van der Waals surface area contributed by atoms with E-state index >= 15 is 0 Å². The number of ether oxygens (including phenoxy) is 8. The lowest BCUT2D eigenvalue weighted by Crippen LogP contribution is -2.66. The summed E-state index contributed by atoms with van der Waals surface area (Å²) in [6.07, 6.45) is -26.4. The molecule has 0 radical (unpaired) electrons. The van der Waals surface area contributed by atoms with Gasteiger partial charge in [-0.3, -0.25) is 0 Å². The zero-order valence-corrected chi connectivity index (χ0v) is 26.3. The largest absolute Gasteiger partial charge is 0.394 e. The van der Waals surface area contributed by atoms with Crippen molar-refractivity contribution in [3.63, 3.8) is 0 Å². The van der Waals surface area contributed by atoms with Crippen LogP contribution in [0.5, 0.6) is 0 Å². The van der Waals surface area contributed by atoms with E-state index < -0.39 is 142 Å². The maximum Gasteiger partial charge on any atom is 0.187 e. The van der Waals surface area contributed by atoms with Gasteiger partial charge in [0.2, 0.25) is 0 Å². The molecular formula is C28H50O18. The first kappa shape index (κ1) is 38.1. The molecule has 10 N–H and O–H groups in total. The Hall–Kier alpha value is -0.720. The molecule has 4 fully saturated rings. The highest BCUT2D eigenvalue weighted by Crippen LogP contribution is 2.36. The van der Waals surface area contributed by atoms with E-state index in [1.807, 2.05) is 0 Å². The van der Waals surface area contributed by atoms with Crippen LogP contribution in [0.1, 0.15) is 34.6 Å². The molecule has 19 atom stereocenters. The van der Waals surface area contributed by atoms with Crippen LogP contribution in [0.4, 0.5) is 0 Å². The molecule has 6 unspecified atom stereocenters. The highest BCUT2D eigenvalue weighted by Gasteiger charge is 2.55. The van der Waals surface area contributed by atoms with Crippen LogP contribution in [-0.2, 0) is 37.9 Å². The summed E-state index contributed by atoms with van der Waals surface area (Å²) in [5, 5.41) is 104. The zero-order chi connectivity index (χ0) is 34.2. The van der Waals surface area contributed by atoms with E-state index in [1.54, 1.807) is 27.7 Å². The van der Waals surface area contributed by atoms with E-state index in [0.717, 1.165) is 0 Å². The van der Waals surface area contributed by atoms with Gasteiger partial charge in [-0.05, 0) is 27.7 Å². The molecule has 0 amide bonds. The molecule has 0 bridgehead atoms. The second kappa shape index (κ2) is 15.4. The summed E-state index contributed by atoms with van der Waals surface area (Å²) in [5.74, 6) is -0.692. The van der Waals surface area contributed by atoms with Gasteiger partial charge in [0.25, 0.3) is 0 Å². The van der Waals surface area contributed by atoms with Crippen molar-refractivity contribution in [2.24, 2.45) is 5.92 Å². The van der Waals surface area contributed by atoms with Crippen LogP contribution in [0.25, 0.3) is 0 Å². The quantitative estimate of drug-likeness (QED) is 0.104. The van der Waals surface area contributed by atoms with Crippen LogP contribution in [-0.4, -0.2) is 187 Å². The minimum absolute atomic E-state index is 0.530. The van der Waals surface area contributed by atoms with Crippen molar-refractivity contribution < 1.29 is 89.0 Å². The number of rotatable bonds is 10. The molecule has 270 valence electrons. The molecule has 0 aromatic heterocycles. The van der Waals surface area contributed by atoms with Crippen molar-refractivity contribution in [3.8, 4) is 0 Å². The summed E-state index contributed by atoms with van der Waals surface area (Å²) >= 11 is 0. The van der Waals surface area contributed by atoms with Crippen LogP contribution in [0.15, 0.2) is 0 Å². The van der Waals surface area contributed by atoms with Gasteiger partial charge in [-0.1, -0.05) is 6.92 Å². The SMILES string of the molecule is CC1O[C@@H](OC2[C@H](OC(C)(C)C)OC(CO)[C@@H](O)[C@@H]2O)[C@@H](O)C(O[C@@H]2OC(CO)[C@@H](C)[C@H](O)C2O)[C@H]1O[C@@H]1O[C@@H](CO)[C@@H](O)[C@@H]1O. The molecule has 4 aliphatic rings. The highest BCUT2D eigenvalue weighted by atomic mass is 16.8. The van der Waals surface area contributed by atoms with Crippen LogP contribution in [0.3, 0.4) is 0 Å². The Kier molecular flexibility index (Phi) is 12.8. The van der Waals surface area contributed by atoms with Gasteiger partial charge in [-0.15, -0.1) is 0 Å². The van der Waals surface area contributed by atoms with Gasteiger partial charge in [-0.25, -0.2) is 0 Å². The molecule has 0 saturated carbocycles. The normalized spacial score (nSPS) is 50.5. The second-order valence-corrected chi connectivity index (χ2v) is 13.2. The zero-order valence-electron chi connectivity index (χ0n) is 26.3. The Morgan fingerprint density at radius 2 is 0.913 bits per heavy atom. The van der Waals surface area contributed by atoms with Crippen LogP contribution < -0.4 is 0 Å². The fourth-order valence-corrected chi connectivity index (χ4v) is 5.92. The Labute approximate surface area is 265 Å². The third kappa shape index (κ3) is 8.01. The van der Waals surface area contributed by atoms with Crippen molar-refractivity contribution in [1.82, 2.24) is 0 Å². The molecule has 4 aliphatic heterocycles. The highest BCUT2D eigenvalue weighted by molar-refractivity contribution is 4.97. The molecule has 0 aromatic rings. The summed E-state index contributed by atoms with van der Waals surface area (Å²) in [6.45, 7) is 6.30. The predicted molar refractivity (Wildman–Crippen MR) is 148 cm³/mol. The lowest BCUT2D eigenvalue weighted by molar-refractivity contribution is -0.395. The van der Waals surface area contributed by atoms with Crippen molar-refractivity contribution >= 4 is 0 Å². The summed E-state index contributed by atoms with van der Waals surface area (Å²) < 4.78 is 46.5. The Balaban J connectivity index is 1.62. The molecule has 0 spiro atoms. The first-order valence-electron chi connectivity index (χ1n) is 15.4. The molecule has 4 heterocycles. The smallest absolute Gasteiger partial charge is 0.187 e. The van der Waals surface area contributed by atoms with E-state index in [-0.39, 0.29) is 0 Å². The summed E-state index contributed by atoms with van der Waals surface area (Å²) in [6, 6.07) is 0. The lowest BCUT2D eigenvalue weighted by atomic mass is 9.91. The molecule has 18 nitrogen and oxygen atoms in total.